The van der Waals surface area contributed by atoms with E-state index < -0.39 is 0 Å². The highest BCUT2D eigenvalue weighted by atomic mass is 16.5. The lowest BCUT2D eigenvalue weighted by molar-refractivity contribution is 0.402. The lowest BCUT2D eigenvalue weighted by atomic mass is 9.98. The van der Waals surface area contributed by atoms with E-state index in [1.165, 1.54) is 0 Å². The molecule has 3 aromatic rings. The number of phenols is 1. The number of benzene rings is 1. The summed E-state index contributed by atoms with van der Waals surface area (Å²) in [6.07, 6.45) is 6.29. The number of methoxy groups -OCH3 is 1. The van der Waals surface area contributed by atoms with Gasteiger partial charge >= 0.3 is 0 Å². The number of pyridine rings is 1. The first-order chi connectivity index (χ1) is 12.6. The SMILES string of the molecule is CCCCc1cc(-c2nc(N)ncc2-c2ccccn2)c(O)cc1OC. The van der Waals surface area contributed by atoms with E-state index in [-0.39, 0.29) is 11.7 Å². The van der Waals surface area contributed by atoms with Crippen LogP contribution >= 0.6 is 0 Å². The van der Waals surface area contributed by atoms with Crippen molar-refractivity contribution in [3.63, 3.8) is 0 Å². The average molecular weight is 350 g/mol. The topological polar surface area (TPSA) is 94.2 Å². The molecule has 3 N–H and O–H groups in total. The van der Waals surface area contributed by atoms with Gasteiger partial charge in [-0.2, -0.15) is 0 Å². The monoisotopic (exact) mass is 350 g/mol. The molecule has 0 atom stereocenters. The number of ether oxygens (including phenoxy) is 1. The Labute approximate surface area is 152 Å². The molecule has 0 aliphatic rings. The van der Waals surface area contributed by atoms with Crippen LogP contribution in [0.3, 0.4) is 0 Å². The minimum Gasteiger partial charge on any atom is -0.507 e. The zero-order chi connectivity index (χ0) is 18.5. The van der Waals surface area contributed by atoms with Crippen molar-refractivity contribution in [3.05, 3.63) is 48.3 Å². The molecule has 0 bridgehead atoms. The fraction of sp³-hybridized carbons (Fsp3) is 0.250. The van der Waals surface area contributed by atoms with Gasteiger partial charge in [0.1, 0.15) is 11.5 Å². The maximum atomic E-state index is 10.6. The van der Waals surface area contributed by atoms with Crippen molar-refractivity contribution in [1.29, 1.82) is 0 Å². The highest BCUT2D eigenvalue weighted by Gasteiger charge is 2.18. The number of aromatic hydroxyl groups is 1. The first-order valence-electron chi connectivity index (χ1n) is 8.58. The van der Waals surface area contributed by atoms with Crippen LogP contribution in [0.5, 0.6) is 11.5 Å². The van der Waals surface area contributed by atoms with Gasteiger partial charge in [0.15, 0.2) is 0 Å². The van der Waals surface area contributed by atoms with E-state index in [9.17, 15) is 5.11 Å². The van der Waals surface area contributed by atoms with Gasteiger partial charge in [0.05, 0.1) is 18.5 Å². The molecule has 0 aliphatic heterocycles. The highest BCUT2D eigenvalue weighted by Crippen LogP contribution is 2.39. The fourth-order valence-electron chi connectivity index (χ4n) is 2.87. The van der Waals surface area contributed by atoms with E-state index in [2.05, 4.69) is 21.9 Å². The molecule has 6 heteroatoms. The smallest absolute Gasteiger partial charge is 0.220 e. The minimum atomic E-state index is 0.0809. The van der Waals surface area contributed by atoms with Crippen molar-refractivity contribution < 1.29 is 9.84 Å². The third-order valence-electron chi connectivity index (χ3n) is 4.20. The number of aromatic nitrogens is 3. The molecule has 1 aromatic carbocycles. The molecule has 2 aromatic heterocycles. The summed E-state index contributed by atoms with van der Waals surface area (Å²) >= 11 is 0. The van der Waals surface area contributed by atoms with Gasteiger partial charge in [-0.1, -0.05) is 19.4 Å². The number of nitrogens with two attached hydrogens (primary N) is 1. The number of unbranched alkanes of at least 4 members (excludes halogenated alkanes) is 1. The van der Waals surface area contributed by atoms with E-state index >= 15 is 0 Å². The predicted octanol–water partition coefficient (Wildman–Crippen LogP) is 3.84. The Morgan fingerprint density at radius 2 is 2.00 bits per heavy atom. The first-order valence-corrected chi connectivity index (χ1v) is 8.58. The Morgan fingerprint density at radius 3 is 2.69 bits per heavy atom. The van der Waals surface area contributed by atoms with Crippen LogP contribution in [-0.4, -0.2) is 27.2 Å². The summed E-state index contributed by atoms with van der Waals surface area (Å²) in [6.45, 7) is 2.14. The van der Waals surface area contributed by atoms with Crippen LogP contribution in [0.1, 0.15) is 25.3 Å². The molecule has 0 radical (unpaired) electrons. The molecule has 0 saturated carbocycles. The van der Waals surface area contributed by atoms with Crippen molar-refractivity contribution in [2.75, 3.05) is 12.8 Å². The predicted molar refractivity (Wildman–Crippen MR) is 102 cm³/mol. The van der Waals surface area contributed by atoms with Crippen molar-refractivity contribution in [3.8, 4) is 34.0 Å². The first kappa shape index (κ1) is 17.7. The summed E-state index contributed by atoms with van der Waals surface area (Å²) in [7, 11) is 1.60. The number of hydrogen-bond acceptors (Lipinski definition) is 6. The molecule has 0 fully saturated rings. The zero-order valence-corrected chi connectivity index (χ0v) is 14.9. The van der Waals surface area contributed by atoms with Crippen LogP contribution in [0.2, 0.25) is 0 Å². The molecule has 134 valence electrons. The van der Waals surface area contributed by atoms with Crippen molar-refractivity contribution in [2.45, 2.75) is 26.2 Å². The Bertz CT molecular complexity index is 898. The van der Waals surface area contributed by atoms with Crippen LogP contribution in [0.15, 0.2) is 42.7 Å². The number of hydrogen-bond donors (Lipinski definition) is 2. The van der Waals surface area contributed by atoms with Gasteiger partial charge in [0.2, 0.25) is 5.95 Å². The molecule has 6 nitrogen and oxygen atoms in total. The van der Waals surface area contributed by atoms with Crippen molar-refractivity contribution in [1.82, 2.24) is 15.0 Å². The quantitative estimate of drug-likeness (QED) is 0.701. The molecule has 2 heterocycles. The molecule has 0 unspecified atom stereocenters. The lowest BCUT2D eigenvalue weighted by Crippen LogP contribution is -2.01. The second kappa shape index (κ2) is 7.82. The number of aryl methyl sites for hydroxylation is 1. The molecular formula is C20H22N4O2. The van der Waals surface area contributed by atoms with Gasteiger partial charge in [0.25, 0.3) is 0 Å². The van der Waals surface area contributed by atoms with Gasteiger partial charge in [0, 0.05) is 29.6 Å². The number of anilines is 1. The Kier molecular flexibility index (Phi) is 5.31. The van der Waals surface area contributed by atoms with E-state index in [4.69, 9.17) is 10.5 Å². The lowest BCUT2D eigenvalue weighted by Gasteiger charge is -2.14. The summed E-state index contributed by atoms with van der Waals surface area (Å²) in [4.78, 5) is 12.9. The molecular weight excluding hydrogens is 328 g/mol. The van der Waals surface area contributed by atoms with Crippen molar-refractivity contribution >= 4 is 5.95 Å². The second-order valence-electron chi connectivity index (χ2n) is 5.99. The molecule has 0 amide bonds. The number of nitrogen functional groups attached to an aromatic ring is 1. The second-order valence-corrected chi connectivity index (χ2v) is 5.99. The summed E-state index contributed by atoms with van der Waals surface area (Å²) < 4.78 is 5.42. The summed E-state index contributed by atoms with van der Waals surface area (Å²) in [5.74, 6) is 0.892. The molecule has 0 aliphatic carbocycles. The largest absolute Gasteiger partial charge is 0.507 e. The van der Waals surface area contributed by atoms with E-state index in [0.29, 0.717) is 28.3 Å². The maximum absolute atomic E-state index is 10.6. The summed E-state index contributed by atoms with van der Waals surface area (Å²) in [6, 6.07) is 9.15. The van der Waals surface area contributed by atoms with Gasteiger partial charge in [-0.3, -0.25) is 4.98 Å². The molecule has 0 spiro atoms. The minimum absolute atomic E-state index is 0.0809. The van der Waals surface area contributed by atoms with Crippen LogP contribution in [-0.2, 0) is 6.42 Å². The van der Waals surface area contributed by atoms with E-state index in [1.807, 2.05) is 24.3 Å². The van der Waals surface area contributed by atoms with Gasteiger partial charge in [-0.25, -0.2) is 9.97 Å². The third-order valence-corrected chi connectivity index (χ3v) is 4.20. The van der Waals surface area contributed by atoms with Crippen LogP contribution in [0, 0.1) is 0 Å². The number of nitrogens with zero attached hydrogens (tertiary/aromatic N) is 3. The molecule has 0 saturated heterocycles. The van der Waals surface area contributed by atoms with Crippen LogP contribution in [0.25, 0.3) is 22.5 Å². The number of rotatable bonds is 6. The molecule has 26 heavy (non-hydrogen) atoms. The molecule has 3 rings (SSSR count). The Balaban J connectivity index is 2.18. The van der Waals surface area contributed by atoms with Gasteiger partial charge in [-0.15, -0.1) is 0 Å². The standard InChI is InChI=1S/C20H22N4O2/c1-3-4-7-13-10-14(17(25)11-18(13)26-2)19-15(12-23-20(21)24-19)16-8-5-6-9-22-16/h5-6,8-12,25H,3-4,7H2,1-2H3,(H2,21,23,24). The summed E-state index contributed by atoms with van der Waals surface area (Å²) in [5.41, 5.74) is 9.40. The van der Waals surface area contributed by atoms with Crippen molar-refractivity contribution in [2.24, 2.45) is 0 Å². The normalized spacial score (nSPS) is 10.7. The maximum Gasteiger partial charge on any atom is 0.220 e. The summed E-state index contributed by atoms with van der Waals surface area (Å²) in [5, 5.41) is 10.6. The van der Waals surface area contributed by atoms with Gasteiger partial charge < -0.3 is 15.6 Å². The van der Waals surface area contributed by atoms with Crippen LogP contribution < -0.4 is 10.5 Å². The highest BCUT2D eigenvalue weighted by molar-refractivity contribution is 5.83. The van der Waals surface area contributed by atoms with Gasteiger partial charge in [-0.05, 0) is 36.6 Å². The fourth-order valence-corrected chi connectivity index (χ4v) is 2.87. The zero-order valence-electron chi connectivity index (χ0n) is 14.9. The van der Waals surface area contributed by atoms with E-state index in [0.717, 1.165) is 24.8 Å². The van der Waals surface area contributed by atoms with Crippen LogP contribution in [0.4, 0.5) is 5.95 Å². The Hall–Kier alpha value is -3.15. The average Bonchev–Trinajstić information content (AvgIpc) is 2.67. The third kappa shape index (κ3) is 3.59. The Morgan fingerprint density at radius 1 is 1.15 bits per heavy atom. The van der Waals surface area contributed by atoms with E-state index in [1.54, 1.807) is 25.6 Å². The number of phenolic OH excluding ortho intramolecular Hbond substituents is 1.